The first-order valence-electron chi connectivity index (χ1n) is 6.66. The van der Waals surface area contributed by atoms with E-state index in [0.717, 1.165) is 12.1 Å². The Labute approximate surface area is 130 Å². The van der Waals surface area contributed by atoms with Gasteiger partial charge in [-0.3, -0.25) is 0 Å². The highest BCUT2D eigenvalue weighted by Crippen LogP contribution is 2.36. The Bertz CT molecular complexity index is 708. The molecule has 1 fully saturated rings. The van der Waals surface area contributed by atoms with Crippen LogP contribution in [-0.4, -0.2) is 38.1 Å². The molecule has 0 aromatic heterocycles. The molecule has 0 bridgehead atoms. The van der Waals surface area contributed by atoms with Crippen LogP contribution in [0.4, 0.5) is 13.2 Å². The van der Waals surface area contributed by atoms with Gasteiger partial charge in [0.2, 0.25) is 10.0 Å². The minimum atomic E-state index is -4.33. The maximum absolute atomic E-state index is 13.7. The van der Waals surface area contributed by atoms with Crippen LogP contribution in [0.1, 0.15) is 19.3 Å². The van der Waals surface area contributed by atoms with E-state index in [0.29, 0.717) is 6.07 Å². The molecule has 1 unspecified atom stereocenters. The first kappa shape index (κ1) is 17.5. The van der Waals surface area contributed by atoms with Gasteiger partial charge in [0.1, 0.15) is 0 Å². The lowest BCUT2D eigenvalue weighted by atomic mass is 10.2. The van der Waals surface area contributed by atoms with Crippen molar-refractivity contribution in [2.75, 3.05) is 6.61 Å². The summed E-state index contributed by atoms with van der Waals surface area (Å²) in [5.74, 6) is -6.02. The normalized spacial score (nSPS) is 20.4. The summed E-state index contributed by atoms with van der Waals surface area (Å²) in [6, 6.07) is 0.945. The molecular weight excluding hydrogens is 339 g/mol. The molecule has 0 radical (unpaired) electrons. The van der Waals surface area contributed by atoms with Gasteiger partial charge < -0.3 is 9.84 Å². The maximum atomic E-state index is 13.7. The molecule has 1 aromatic rings. The van der Waals surface area contributed by atoms with Crippen LogP contribution in [0.15, 0.2) is 23.1 Å². The van der Waals surface area contributed by atoms with Crippen molar-refractivity contribution >= 4 is 16.0 Å². The summed E-state index contributed by atoms with van der Waals surface area (Å²) >= 11 is 0. The molecule has 2 rings (SSSR count). The predicted octanol–water partition coefficient (Wildman–Crippen LogP) is 1.76. The zero-order valence-electron chi connectivity index (χ0n) is 11.8. The Balaban J connectivity index is 2.17. The standard InChI is InChI=1S/C13H14F3NO5S/c14-9-6-8(3-4-10(9)22-7-12(18)19)23(20,21)17-11-2-1-5-13(11,15)16/h3-4,6,11,17H,1-2,5,7H2,(H,18,19). The molecule has 1 atom stereocenters. The van der Waals surface area contributed by atoms with Gasteiger partial charge in [-0.15, -0.1) is 0 Å². The van der Waals surface area contributed by atoms with Crippen LogP contribution in [0.5, 0.6) is 5.75 Å². The Morgan fingerprint density at radius 3 is 2.65 bits per heavy atom. The highest BCUT2D eigenvalue weighted by molar-refractivity contribution is 7.89. The lowest BCUT2D eigenvalue weighted by molar-refractivity contribution is -0.139. The van der Waals surface area contributed by atoms with Crippen LogP contribution in [0.25, 0.3) is 0 Å². The molecule has 0 amide bonds. The van der Waals surface area contributed by atoms with E-state index in [-0.39, 0.29) is 12.8 Å². The summed E-state index contributed by atoms with van der Waals surface area (Å²) in [6.07, 6.45) is -0.221. The van der Waals surface area contributed by atoms with Crippen LogP contribution >= 0.6 is 0 Å². The number of carbonyl (C=O) groups is 1. The number of carboxylic acids is 1. The monoisotopic (exact) mass is 353 g/mol. The van der Waals surface area contributed by atoms with Crippen LogP contribution in [0.3, 0.4) is 0 Å². The van der Waals surface area contributed by atoms with Gasteiger partial charge in [-0.1, -0.05) is 0 Å². The number of benzene rings is 1. The third-order valence-corrected chi connectivity index (χ3v) is 4.84. The second kappa shape index (κ2) is 6.36. The SMILES string of the molecule is O=C(O)COc1ccc(S(=O)(=O)NC2CCCC2(F)F)cc1F. The van der Waals surface area contributed by atoms with Crippen molar-refractivity contribution in [1.29, 1.82) is 0 Å². The summed E-state index contributed by atoms with van der Waals surface area (Å²) in [5, 5.41) is 8.43. The highest BCUT2D eigenvalue weighted by Gasteiger charge is 2.45. The number of ether oxygens (including phenoxy) is 1. The number of sulfonamides is 1. The van der Waals surface area contributed by atoms with Crippen LogP contribution in [0, 0.1) is 5.82 Å². The molecule has 23 heavy (non-hydrogen) atoms. The highest BCUT2D eigenvalue weighted by atomic mass is 32.2. The van der Waals surface area contributed by atoms with E-state index in [1.54, 1.807) is 0 Å². The van der Waals surface area contributed by atoms with E-state index in [4.69, 9.17) is 5.11 Å². The van der Waals surface area contributed by atoms with E-state index >= 15 is 0 Å². The topological polar surface area (TPSA) is 92.7 Å². The second-order valence-electron chi connectivity index (χ2n) is 5.10. The van der Waals surface area contributed by atoms with Crippen LogP contribution < -0.4 is 9.46 Å². The number of rotatable bonds is 6. The average Bonchev–Trinajstić information content (AvgIpc) is 2.75. The van der Waals surface area contributed by atoms with Crippen molar-refractivity contribution in [1.82, 2.24) is 4.72 Å². The summed E-state index contributed by atoms with van der Waals surface area (Å²) < 4.78 is 71.4. The van der Waals surface area contributed by atoms with Crippen LogP contribution in [0.2, 0.25) is 0 Å². The first-order valence-corrected chi connectivity index (χ1v) is 8.14. The molecule has 6 nitrogen and oxygen atoms in total. The quantitative estimate of drug-likeness (QED) is 0.813. The number of carboxylic acid groups (broad SMARTS) is 1. The molecule has 10 heteroatoms. The Morgan fingerprint density at radius 1 is 1.43 bits per heavy atom. The van der Waals surface area contributed by atoms with E-state index in [9.17, 15) is 26.4 Å². The molecule has 1 aliphatic carbocycles. The summed E-state index contributed by atoms with van der Waals surface area (Å²) in [4.78, 5) is 9.80. The van der Waals surface area contributed by atoms with Crippen molar-refractivity contribution in [3.8, 4) is 5.75 Å². The van der Waals surface area contributed by atoms with Gasteiger partial charge in [0, 0.05) is 6.42 Å². The fraction of sp³-hybridized carbons (Fsp3) is 0.462. The Morgan fingerprint density at radius 2 is 2.13 bits per heavy atom. The van der Waals surface area contributed by atoms with E-state index < -0.39 is 57.4 Å². The summed E-state index contributed by atoms with van der Waals surface area (Å²) in [7, 11) is -4.33. The number of nitrogens with one attached hydrogen (secondary N) is 1. The predicted molar refractivity (Wildman–Crippen MR) is 72.4 cm³/mol. The molecular formula is C13H14F3NO5S. The zero-order chi connectivity index (χ0) is 17.3. The van der Waals surface area contributed by atoms with Crippen molar-refractivity contribution in [3.63, 3.8) is 0 Å². The second-order valence-corrected chi connectivity index (χ2v) is 6.82. The lowest BCUT2D eigenvalue weighted by Gasteiger charge is -2.20. The molecule has 0 spiro atoms. The summed E-state index contributed by atoms with van der Waals surface area (Å²) in [6.45, 7) is -0.796. The fourth-order valence-electron chi connectivity index (χ4n) is 2.23. The van der Waals surface area contributed by atoms with Gasteiger partial charge in [0.15, 0.2) is 18.2 Å². The number of hydrogen-bond acceptors (Lipinski definition) is 4. The fourth-order valence-corrected chi connectivity index (χ4v) is 3.54. The van der Waals surface area contributed by atoms with Gasteiger partial charge in [0.05, 0.1) is 10.9 Å². The third kappa shape index (κ3) is 4.14. The summed E-state index contributed by atoms with van der Waals surface area (Å²) in [5.41, 5.74) is 0. The Hall–Kier alpha value is -1.81. The third-order valence-electron chi connectivity index (χ3n) is 3.37. The lowest BCUT2D eigenvalue weighted by Crippen LogP contribution is -2.43. The number of alkyl halides is 2. The van der Waals surface area contributed by atoms with Crippen molar-refractivity contribution < 1.29 is 36.2 Å². The molecule has 0 saturated heterocycles. The van der Waals surface area contributed by atoms with Crippen molar-refractivity contribution in [2.24, 2.45) is 0 Å². The molecule has 128 valence electrons. The minimum absolute atomic E-state index is 0.00544. The number of aliphatic carboxylic acids is 1. The van der Waals surface area contributed by atoms with Gasteiger partial charge in [-0.2, -0.15) is 0 Å². The van der Waals surface area contributed by atoms with Crippen LogP contribution in [-0.2, 0) is 14.8 Å². The zero-order valence-corrected chi connectivity index (χ0v) is 12.6. The average molecular weight is 353 g/mol. The van der Waals surface area contributed by atoms with Gasteiger partial charge >= 0.3 is 5.97 Å². The molecule has 1 aliphatic rings. The first-order chi connectivity index (χ1) is 10.6. The van der Waals surface area contributed by atoms with E-state index in [1.807, 2.05) is 4.72 Å². The number of halogens is 3. The molecule has 0 heterocycles. The smallest absolute Gasteiger partial charge is 0.341 e. The molecule has 0 aliphatic heterocycles. The van der Waals surface area contributed by atoms with E-state index in [2.05, 4.69) is 4.74 Å². The molecule has 2 N–H and O–H groups in total. The largest absolute Gasteiger partial charge is 0.479 e. The molecule has 1 aromatic carbocycles. The van der Waals surface area contributed by atoms with Gasteiger partial charge in [0.25, 0.3) is 5.92 Å². The van der Waals surface area contributed by atoms with Gasteiger partial charge in [-0.05, 0) is 31.0 Å². The van der Waals surface area contributed by atoms with E-state index in [1.165, 1.54) is 0 Å². The van der Waals surface area contributed by atoms with Crippen molar-refractivity contribution in [2.45, 2.75) is 36.1 Å². The number of hydrogen-bond donors (Lipinski definition) is 2. The van der Waals surface area contributed by atoms with Crippen molar-refractivity contribution in [3.05, 3.63) is 24.0 Å². The minimum Gasteiger partial charge on any atom is -0.479 e. The van der Waals surface area contributed by atoms with Gasteiger partial charge in [-0.25, -0.2) is 31.1 Å². The maximum Gasteiger partial charge on any atom is 0.341 e. The molecule has 1 saturated carbocycles. The Kier molecular flexibility index (Phi) is 4.85.